The van der Waals surface area contributed by atoms with Crippen LogP contribution in [0.5, 0.6) is 0 Å². The van der Waals surface area contributed by atoms with E-state index in [1.807, 2.05) is 0 Å². The highest BCUT2D eigenvalue weighted by atomic mass is 32.2. The van der Waals surface area contributed by atoms with Crippen LogP contribution >= 0.6 is 11.8 Å². The van der Waals surface area contributed by atoms with Gasteiger partial charge >= 0.3 is 5.97 Å². The molecule has 0 spiro atoms. The van der Waals surface area contributed by atoms with E-state index in [1.165, 1.54) is 16.7 Å². The van der Waals surface area contributed by atoms with Gasteiger partial charge in [-0.25, -0.2) is 0 Å². The summed E-state index contributed by atoms with van der Waals surface area (Å²) in [4.78, 5) is 10.3. The molecule has 0 heterocycles. The molecular weight excluding hydrogens is 220 g/mol. The third-order valence-corrected chi connectivity index (χ3v) is 3.46. The predicted molar refractivity (Wildman–Crippen MR) is 69.2 cm³/mol. The molecule has 0 bridgehead atoms. The van der Waals surface area contributed by atoms with E-state index in [0.29, 0.717) is 5.75 Å². The minimum atomic E-state index is -0.709. The Labute approximate surface area is 101 Å². The summed E-state index contributed by atoms with van der Waals surface area (Å²) in [5, 5.41) is 8.49. The van der Waals surface area contributed by atoms with E-state index in [-0.39, 0.29) is 6.42 Å². The molecule has 0 unspecified atom stereocenters. The van der Waals surface area contributed by atoms with Gasteiger partial charge in [0, 0.05) is 5.75 Å². The topological polar surface area (TPSA) is 37.3 Å². The lowest BCUT2D eigenvalue weighted by molar-refractivity contribution is -0.136. The molecule has 88 valence electrons. The van der Waals surface area contributed by atoms with Crippen molar-refractivity contribution in [1.82, 2.24) is 0 Å². The number of rotatable bonds is 6. The monoisotopic (exact) mass is 238 g/mol. The Hall–Kier alpha value is -0.960. The van der Waals surface area contributed by atoms with Crippen molar-refractivity contribution in [2.45, 2.75) is 26.7 Å². The normalized spacial score (nSPS) is 10.4. The third kappa shape index (κ3) is 4.71. The van der Waals surface area contributed by atoms with Crippen LogP contribution in [0.15, 0.2) is 18.2 Å². The Bertz CT molecular complexity index is 361. The van der Waals surface area contributed by atoms with Gasteiger partial charge in [-0.2, -0.15) is 11.8 Å². The molecular formula is C13H18O2S. The summed E-state index contributed by atoms with van der Waals surface area (Å²) in [5.41, 5.74) is 3.99. The molecule has 0 saturated heterocycles. The van der Waals surface area contributed by atoms with Gasteiger partial charge in [0.25, 0.3) is 0 Å². The van der Waals surface area contributed by atoms with E-state index in [1.54, 1.807) is 11.8 Å². The maximum Gasteiger partial charge on any atom is 0.304 e. The minimum Gasteiger partial charge on any atom is -0.481 e. The molecule has 0 aliphatic heterocycles. The van der Waals surface area contributed by atoms with Gasteiger partial charge in [-0.3, -0.25) is 4.79 Å². The first-order valence-electron chi connectivity index (χ1n) is 5.45. The summed E-state index contributed by atoms with van der Waals surface area (Å²) in [7, 11) is 0. The van der Waals surface area contributed by atoms with Crippen molar-refractivity contribution in [3.05, 3.63) is 34.9 Å². The highest BCUT2D eigenvalue weighted by Gasteiger charge is 2.00. The SMILES string of the molecule is Cc1ccc(CCSCCC(=O)O)c(C)c1. The summed E-state index contributed by atoms with van der Waals surface area (Å²) >= 11 is 1.71. The molecule has 0 aliphatic rings. The molecule has 0 atom stereocenters. The number of thioether (sulfide) groups is 1. The Morgan fingerprint density at radius 3 is 2.69 bits per heavy atom. The second kappa shape index (κ2) is 6.59. The van der Waals surface area contributed by atoms with Crippen molar-refractivity contribution in [1.29, 1.82) is 0 Å². The molecule has 1 aromatic carbocycles. The first-order chi connectivity index (χ1) is 7.59. The number of carbonyl (C=O) groups is 1. The van der Waals surface area contributed by atoms with Crippen LogP contribution in [0, 0.1) is 13.8 Å². The van der Waals surface area contributed by atoms with Gasteiger partial charge in [0.2, 0.25) is 0 Å². The largest absolute Gasteiger partial charge is 0.481 e. The predicted octanol–water partition coefficient (Wildman–Crippen LogP) is 3.05. The fourth-order valence-corrected chi connectivity index (χ4v) is 2.46. The zero-order valence-electron chi connectivity index (χ0n) is 9.82. The quantitative estimate of drug-likeness (QED) is 0.774. The molecule has 1 aromatic rings. The Morgan fingerprint density at radius 2 is 2.06 bits per heavy atom. The summed E-state index contributed by atoms with van der Waals surface area (Å²) < 4.78 is 0. The molecule has 3 heteroatoms. The highest BCUT2D eigenvalue weighted by Crippen LogP contribution is 2.14. The lowest BCUT2D eigenvalue weighted by atomic mass is 10.0. The average Bonchev–Trinajstić information content (AvgIpc) is 2.20. The molecule has 16 heavy (non-hydrogen) atoms. The first kappa shape index (κ1) is 13.1. The van der Waals surface area contributed by atoms with Crippen LogP contribution in [-0.4, -0.2) is 22.6 Å². The fourth-order valence-electron chi connectivity index (χ4n) is 1.57. The number of carboxylic acids is 1. The number of aliphatic carboxylic acids is 1. The Morgan fingerprint density at radius 1 is 1.31 bits per heavy atom. The maximum absolute atomic E-state index is 10.3. The lowest BCUT2D eigenvalue weighted by Gasteiger charge is -2.06. The van der Waals surface area contributed by atoms with E-state index < -0.39 is 5.97 Å². The molecule has 1 N–H and O–H groups in total. The summed E-state index contributed by atoms with van der Waals surface area (Å²) in [6.45, 7) is 4.22. The van der Waals surface area contributed by atoms with Crippen LogP contribution in [0.2, 0.25) is 0 Å². The van der Waals surface area contributed by atoms with E-state index in [0.717, 1.165) is 12.2 Å². The lowest BCUT2D eigenvalue weighted by Crippen LogP contribution is -1.98. The number of hydrogen-bond donors (Lipinski definition) is 1. The van der Waals surface area contributed by atoms with Gasteiger partial charge in [0.15, 0.2) is 0 Å². The van der Waals surface area contributed by atoms with E-state index in [9.17, 15) is 4.79 Å². The molecule has 2 nitrogen and oxygen atoms in total. The van der Waals surface area contributed by atoms with Crippen molar-refractivity contribution in [2.24, 2.45) is 0 Å². The van der Waals surface area contributed by atoms with E-state index in [2.05, 4.69) is 32.0 Å². The van der Waals surface area contributed by atoms with Gasteiger partial charge in [-0.15, -0.1) is 0 Å². The molecule has 0 amide bonds. The fraction of sp³-hybridized carbons (Fsp3) is 0.462. The molecule has 0 fully saturated rings. The average molecular weight is 238 g/mol. The van der Waals surface area contributed by atoms with Crippen molar-refractivity contribution in [2.75, 3.05) is 11.5 Å². The van der Waals surface area contributed by atoms with Crippen LogP contribution in [0.3, 0.4) is 0 Å². The second-order valence-electron chi connectivity index (χ2n) is 3.94. The molecule has 1 rings (SSSR count). The Kier molecular flexibility index (Phi) is 5.39. The molecule has 0 aliphatic carbocycles. The number of benzene rings is 1. The van der Waals surface area contributed by atoms with Gasteiger partial charge in [0.1, 0.15) is 0 Å². The molecule has 0 aromatic heterocycles. The summed E-state index contributed by atoms with van der Waals surface area (Å²) in [5.74, 6) is 0.997. The van der Waals surface area contributed by atoms with Crippen molar-refractivity contribution >= 4 is 17.7 Å². The first-order valence-corrected chi connectivity index (χ1v) is 6.60. The van der Waals surface area contributed by atoms with Gasteiger partial charge < -0.3 is 5.11 Å². The molecule has 0 radical (unpaired) electrons. The smallest absolute Gasteiger partial charge is 0.304 e. The van der Waals surface area contributed by atoms with Crippen LogP contribution in [0.25, 0.3) is 0 Å². The van der Waals surface area contributed by atoms with Crippen molar-refractivity contribution in [3.63, 3.8) is 0 Å². The van der Waals surface area contributed by atoms with Crippen LogP contribution in [0.1, 0.15) is 23.1 Å². The number of aryl methyl sites for hydroxylation is 3. The summed E-state index contributed by atoms with van der Waals surface area (Å²) in [6.07, 6.45) is 1.29. The van der Waals surface area contributed by atoms with Gasteiger partial charge in [0.05, 0.1) is 6.42 Å². The standard InChI is InChI=1S/C13H18O2S/c1-10-3-4-12(11(2)9-10)5-7-16-8-6-13(14)15/h3-4,9H,5-8H2,1-2H3,(H,14,15). The maximum atomic E-state index is 10.3. The van der Waals surface area contributed by atoms with E-state index >= 15 is 0 Å². The van der Waals surface area contributed by atoms with Crippen molar-refractivity contribution in [3.8, 4) is 0 Å². The zero-order valence-corrected chi connectivity index (χ0v) is 10.6. The minimum absolute atomic E-state index is 0.261. The Balaban J connectivity index is 2.29. The van der Waals surface area contributed by atoms with E-state index in [4.69, 9.17) is 5.11 Å². The highest BCUT2D eigenvalue weighted by molar-refractivity contribution is 7.99. The second-order valence-corrected chi connectivity index (χ2v) is 5.16. The van der Waals surface area contributed by atoms with Crippen molar-refractivity contribution < 1.29 is 9.90 Å². The van der Waals surface area contributed by atoms with Gasteiger partial charge in [-0.1, -0.05) is 23.8 Å². The number of hydrogen-bond acceptors (Lipinski definition) is 2. The number of carboxylic acid groups (broad SMARTS) is 1. The third-order valence-electron chi connectivity index (χ3n) is 2.47. The van der Waals surface area contributed by atoms with Crippen LogP contribution < -0.4 is 0 Å². The summed E-state index contributed by atoms with van der Waals surface area (Å²) in [6, 6.07) is 6.49. The molecule has 0 saturated carbocycles. The van der Waals surface area contributed by atoms with Crippen LogP contribution in [0.4, 0.5) is 0 Å². The zero-order chi connectivity index (χ0) is 12.0. The van der Waals surface area contributed by atoms with Crippen LogP contribution in [-0.2, 0) is 11.2 Å². The van der Waals surface area contributed by atoms with Gasteiger partial charge in [-0.05, 0) is 37.1 Å².